The van der Waals surface area contributed by atoms with Gasteiger partial charge in [-0.2, -0.15) is 5.10 Å². The van der Waals surface area contributed by atoms with E-state index in [0.29, 0.717) is 22.8 Å². The van der Waals surface area contributed by atoms with Crippen molar-refractivity contribution in [1.82, 2.24) is 15.5 Å². The van der Waals surface area contributed by atoms with Gasteiger partial charge in [0, 0.05) is 28.9 Å². The van der Waals surface area contributed by atoms with Crippen molar-refractivity contribution in [3.05, 3.63) is 60.2 Å². The third-order valence-electron chi connectivity index (χ3n) is 4.51. The van der Waals surface area contributed by atoms with Crippen LogP contribution < -0.4 is 20.7 Å². The summed E-state index contributed by atoms with van der Waals surface area (Å²) >= 11 is 0. The maximum Gasteiger partial charge on any atom is 0.319 e. The molecule has 2 aromatic carbocycles. The first-order valence-corrected chi connectivity index (χ1v) is 9.30. The number of anilines is 2. The van der Waals surface area contributed by atoms with E-state index in [1.165, 1.54) is 0 Å². The number of carbonyl (C=O) groups is 2. The third kappa shape index (κ3) is 4.55. The molecule has 0 atom stereocenters. The van der Waals surface area contributed by atoms with Gasteiger partial charge in [0.05, 0.1) is 12.8 Å². The number of aromatic amines is 1. The van der Waals surface area contributed by atoms with Crippen LogP contribution in [0.1, 0.15) is 23.2 Å². The quantitative estimate of drug-likeness (QED) is 0.515. The Kier molecular flexibility index (Phi) is 5.15. The summed E-state index contributed by atoms with van der Waals surface area (Å²) in [6.07, 6.45) is 2.02. The van der Waals surface area contributed by atoms with Crippen LogP contribution in [0, 0.1) is 0 Å². The highest BCUT2D eigenvalue weighted by molar-refractivity contribution is 6.05. The van der Waals surface area contributed by atoms with E-state index in [0.717, 1.165) is 24.1 Å². The van der Waals surface area contributed by atoms with Gasteiger partial charge in [-0.3, -0.25) is 9.89 Å². The lowest BCUT2D eigenvalue weighted by atomic mass is 10.1. The number of hydrogen-bond acceptors (Lipinski definition) is 4. The van der Waals surface area contributed by atoms with Crippen LogP contribution in [0.25, 0.3) is 11.3 Å². The third-order valence-corrected chi connectivity index (χ3v) is 4.51. The number of urea groups is 1. The number of carbonyl (C=O) groups excluding carboxylic acids is 2. The molecule has 0 aliphatic heterocycles. The Balaban J connectivity index is 1.43. The average Bonchev–Trinajstić information content (AvgIpc) is 3.42. The van der Waals surface area contributed by atoms with Crippen LogP contribution in [-0.4, -0.2) is 35.3 Å². The molecule has 1 aromatic heterocycles. The van der Waals surface area contributed by atoms with Crippen LogP contribution in [0.5, 0.6) is 5.75 Å². The summed E-state index contributed by atoms with van der Waals surface area (Å²) in [7, 11) is 1.60. The summed E-state index contributed by atoms with van der Waals surface area (Å²) in [6.45, 7) is 0. The zero-order valence-corrected chi connectivity index (χ0v) is 15.9. The largest absolute Gasteiger partial charge is 0.496 e. The van der Waals surface area contributed by atoms with Crippen molar-refractivity contribution in [1.29, 1.82) is 0 Å². The zero-order chi connectivity index (χ0) is 20.2. The van der Waals surface area contributed by atoms with Crippen molar-refractivity contribution < 1.29 is 14.3 Å². The molecular weight excluding hydrogens is 370 g/mol. The van der Waals surface area contributed by atoms with Gasteiger partial charge < -0.3 is 20.7 Å². The van der Waals surface area contributed by atoms with Gasteiger partial charge in [0.25, 0.3) is 5.91 Å². The molecule has 29 heavy (non-hydrogen) atoms. The molecule has 148 valence electrons. The monoisotopic (exact) mass is 391 g/mol. The lowest BCUT2D eigenvalue weighted by Crippen LogP contribution is -2.30. The van der Waals surface area contributed by atoms with Crippen LogP contribution in [0.15, 0.2) is 54.6 Å². The minimum absolute atomic E-state index is 0.263. The van der Waals surface area contributed by atoms with Crippen molar-refractivity contribution in [3.8, 4) is 17.0 Å². The Morgan fingerprint density at radius 3 is 2.69 bits per heavy atom. The number of aromatic nitrogens is 2. The molecule has 3 aromatic rings. The van der Waals surface area contributed by atoms with Gasteiger partial charge in [-0.05, 0) is 43.2 Å². The van der Waals surface area contributed by atoms with Gasteiger partial charge in [-0.15, -0.1) is 0 Å². The molecule has 0 saturated heterocycles. The molecule has 0 unspecified atom stereocenters. The van der Waals surface area contributed by atoms with Crippen LogP contribution in [-0.2, 0) is 0 Å². The van der Waals surface area contributed by atoms with Crippen LogP contribution in [0.3, 0.4) is 0 Å². The Morgan fingerprint density at radius 2 is 1.90 bits per heavy atom. The van der Waals surface area contributed by atoms with E-state index in [1.54, 1.807) is 37.4 Å². The highest BCUT2D eigenvalue weighted by atomic mass is 16.5. The average molecular weight is 391 g/mol. The number of nitrogens with zero attached hydrogens (tertiary/aromatic N) is 1. The molecule has 4 N–H and O–H groups in total. The Hall–Kier alpha value is -3.81. The molecule has 1 aliphatic carbocycles. The molecule has 8 heteroatoms. The molecule has 1 saturated carbocycles. The van der Waals surface area contributed by atoms with E-state index in [4.69, 9.17) is 4.74 Å². The summed E-state index contributed by atoms with van der Waals surface area (Å²) in [4.78, 5) is 24.5. The van der Waals surface area contributed by atoms with E-state index in [1.807, 2.05) is 24.3 Å². The minimum Gasteiger partial charge on any atom is -0.496 e. The predicted octanol–water partition coefficient (Wildman–Crippen LogP) is 3.62. The number of rotatable bonds is 6. The maximum absolute atomic E-state index is 12.6. The fourth-order valence-corrected chi connectivity index (χ4v) is 2.90. The van der Waals surface area contributed by atoms with Gasteiger partial charge in [0.2, 0.25) is 0 Å². The van der Waals surface area contributed by atoms with Crippen LogP contribution in [0.4, 0.5) is 16.3 Å². The van der Waals surface area contributed by atoms with E-state index in [9.17, 15) is 9.59 Å². The van der Waals surface area contributed by atoms with E-state index < -0.39 is 0 Å². The molecule has 0 spiro atoms. The first-order valence-electron chi connectivity index (χ1n) is 9.30. The summed E-state index contributed by atoms with van der Waals surface area (Å²) in [5.41, 5.74) is 2.53. The van der Waals surface area contributed by atoms with Crippen molar-refractivity contribution in [2.45, 2.75) is 18.9 Å². The molecule has 1 heterocycles. The highest BCUT2D eigenvalue weighted by Gasteiger charge is 2.23. The molecule has 0 radical (unpaired) electrons. The highest BCUT2D eigenvalue weighted by Crippen LogP contribution is 2.29. The van der Waals surface area contributed by atoms with E-state index in [2.05, 4.69) is 26.1 Å². The fourth-order valence-electron chi connectivity index (χ4n) is 2.90. The molecule has 0 bridgehead atoms. The number of benzene rings is 2. The van der Waals surface area contributed by atoms with Crippen molar-refractivity contribution >= 4 is 23.4 Å². The number of methoxy groups -OCH3 is 1. The number of ether oxygens (including phenoxy) is 1. The number of H-pyrrole nitrogens is 1. The topological polar surface area (TPSA) is 108 Å². The number of nitrogens with one attached hydrogen (secondary N) is 4. The lowest BCUT2D eigenvalue weighted by Gasteiger charge is -2.08. The molecule has 1 fully saturated rings. The predicted molar refractivity (Wildman–Crippen MR) is 110 cm³/mol. The number of amides is 3. The van der Waals surface area contributed by atoms with Crippen LogP contribution in [0.2, 0.25) is 0 Å². The Morgan fingerprint density at radius 1 is 1.07 bits per heavy atom. The summed E-state index contributed by atoms with van der Waals surface area (Å²) in [5.74, 6) is 0.771. The summed E-state index contributed by atoms with van der Waals surface area (Å²) in [5, 5.41) is 15.4. The first-order chi connectivity index (χ1) is 14.1. The zero-order valence-electron chi connectivity index (χ0n) is 15.9. The molecule has 8 nitrogen and oxygen atoms in total. The second-order valence-electron chi connectivity index (χ2n) is 6.77. The van der Waals surface area contributed by atoms with Gasteiger partial charge in [-0.25, -0.2) is 4.79 Å². The van der Waals surface area contributed by atoms with E-state index >= 15 is 0 Å². The van der Waals surface area contributed by atoms with Gasteiger partial charge in [0.15, 0.2) is 5.82 Å². The Bertz CT molecular complexity index is 1040. The second kappa shape index (κ2) is 8.05. The molecule has 1 aliphatic rings. The lowest BCUT2D eigenvalue weighted by molar-refractivity contribution is 0.102. The number of para-hydroxylation sites is 1. The minimum atomic E-state index is -0.325. The first kappa shape index (κ1) is 18.5. The van der Waals surface area contributed by atoms with Crippen molar-refractivity contribution in [3.63, 3.8) is 0 Å². The van der Waals surface area contributed by atoms with Gasteiger partial charge in [-0.1, -0.05) is 18.2 Å². The van der Waals surface area contributed by atoms with Crippen molar-refractivity contribution in [2.75, 3.05) is 17.7 Å². The molecule has 4 rings (SSSR count). The van der Waals surface area contributed by atoms with Crippen molar-refractivity contribution in [2.24, 2.45) is 0 Å². The van der Waals surface area contributed by atoms with Gasteiger partial charge >= 0.3 is 6.03 Å². The summed E-state index contributed by atoms with van der Waals surface area (Å²) in [6, 6.07) is 16.0. The van der Waals surface area contributed by atoms with Gasteiger partial charge in [0.1, 0.15) is 5.75 Å². The SMILES string of the molecule is COc1ccccc1-c1cc(NC(=O)c2cccc(NC(=O)NC3CC3)c2)n[nH]1. The van der Waals surface area contributed by atoms with Crippen LogP contribution >= 0.6 is 0 Å². The number of hydrogen-bond donors (Lipinski definition) is 4. The maximum atomic E-state index is 12.6. The Labute approximate surface area is 167 Å². The summed E-state index contributed by atoms with van der Waals surface area (Å²) < 4.78 is 5.36. The fraction of sp³-hybridized carbons (Fsp3) is 0.190. The molecule has 3 amide bonds. The normalized spacial score (nSPS) is 12.9. The van der Waals surface area contributed by atoms with E-state index in [-0.39, 0.29) is 18.0 Å². The second-order valence-corrected chi connectivity index (χ2v) is 6.77. The molecular formula is C21H21N5O3. The standard InChI is InChI=1S/C21H21N5O3/c1-29-18-8-3-2-7-16(18)17-12-19(26-25-17)24-20(27)13-5-4-6-15(11-13)23-21(28)22-14-9-10-14/h2-8,11-12,14H,9-10H2,1H3,(H2,22,23,28)(H2,24,25,26,27). The smallest absolute Gasteiger partial charge is 0.319 e.